The summed E-state index contributed by atoms with van der Waals surface area (Å²) in [4.78, 5) is -0.692. The van der Waals surface area contributed by atoms with Crippen LogP contribution >= 0.6 is 0 Å². The number of hydrogen-bond donors (Lipinski definition) is 1. The molecule has 1 unspecified atom stereocenters. The van der Waals surface area contributed by atoms with E-state index in [1.54, 1.807) is 0 Å². The molecule has 1 fully saturated rings. The van der Waals surface area contributed by atoms with Gasteiger partial charge in [0.25, 0.3) is 0 Å². The molecule has 21 heavy (non-hydrogen) atoms. The molecule has 0 aliphatic carbocycles. The number of hydrogen-bond acceptors (Lipinski definition) is 5. The van der Waals surface area contributed by atoms with Crippen LogP contribution in [0.5, 0.6) is 0 Å². The van der Waals surface area contributed by atoms with Gasteiger partial charge in [-0.1, -0.05) is 0 Å². The fourth-order valence-electron chi connectivity index (χ4n) is 2.04. The van der Waals surface area contributed by atoms with Crippen molar-refractivity contribution in [1.29, 1.82) is 0 Å². The van der Waals surface area contributed by atoms with E-state index in [9.17, 15) is 20.7 Å². The van der Waals surface area contributed by atoms with Crippen LogP contribution in [0.1, 0.15) is 19.3 Å². The maximum atomic E-state index is 12.7. The largest absolute Gasteiger partial charge is 0.377 e. The fourth-order valence-corrected chi connectivity index (χ4v) is 3.56. The van der Waals surface area contributed by atoms with Crippen LogP contribution in [-0.2, 0) is 25.0 Å². The number of rotatable bonds is 5. The van der Waals surface area contributed by atoms with E-state index in [-0.39, 0.29) is 17.5 Å². The lowest BCUT2D eigenvalue weighted by molar-refractivity contribution is 0.0200. The summed E-state index contributed by atoms with van der Waals surface area (Å²) in [6.07, 6.45) is 2.61. The summed E-state index contributed by atoms with van der Waals surface area (Å²) in [7, 11) is -8.60. The zero-order valence-corrected chi connectivity index (χ0v) is 12.8. The fraction of sp³-hybridized carbons (Fsp3) is 0.500. The Bertz CT molecular complexity index is 679. The third-order valence-corrected chi connectivity index (χ3v) is 5.47. The first kappa shape index (κ1) is 16.3. The topological polar surface area (TPSA) is 89.5 Å². The number of halogens is 1. The minimum atomic E-state index is -4.83. The molecule has 1 saturated heterocycles. The molecule has 1 aromatic rings. The average Bonchev–Trinajstić information content (AvgIpc) is 2.46. The minimum absolute atomic E-state index is 0.120. The summed E-state index contributed by atoms with van der Waals surface area (Å²) in [5, 5.41) is 0. The van der Waals surface area contributed by atoms with E-state index in [0.717, 1.165) is 43.5 Å². The maximum absolute atomic E-state index is 12.7. The number of ether oxygens (including phenoxy) is 1. The molecule has 1 heterocycles. The summed E-state index contributed by atoms with van der Waals surface area (Å²) in [6, 6.07) is 3.94. The zero-order valence-electron chi connectivity index (χ0n) is 11.2. The minimum Gasteiger partial charge on any atom is -0.377 e. The predicted molar refractivity (Wildman–Crippen MR) is 73.5 cm³/mol. The van der Waals surface area contributed by atoms with Gasteiger partial charge in [-0.3, -0.25) is 0 Å². The van der Waals surface area contributed by atoms with E-state index in [2.05, 4.69) is 4.72 Å². The molecule has 0 spiro atoms. The zero-order chi connectivity index (χ0) is 15.5. The molecule has 1 aliphatic heterocycles. The van der Waals surface area contributed by atoms with E-state index < -0.39 is 25.1 Å². The lowest BCUT2D eigenvalue weighted by Crippen LogP contribution is -2.35. The second-order valence-corrected chi connectivity index (χ2v) is 7.86. The molecule has 1 atom stereocenters. The van der Waals surface area contributed by atoms with Crippen LogP contribution in [0.4, 0.5) is 3.89 Å². The molecule has 1 N–H and O–H groups in total. The van der Waals surface area contributed by atoms with Crippen molar-refractivity contribution in [2.75, 3.05) is 13.2 Å². The Balaban J connectivity index is 2.05. The standard InChI is InChI=1S/C12H16FNO5S2/c13-20(15,16)11-4-6-12(7-5-11)21(17,18)14-9-10-3-1-2-8-19-10/h4-7,10,14H,1-3,8-9H2. The smallest absolute Gasteiger partial charge is 0.332 e. The Morgan fingerprint density at radius 2 is 1.71 bits per heavy atom. The van der Waals surface area contributed by atoms with Crippen molar-refractivity contribution in [3.8, 4) is 0 Å². The van der Waals surface area contributed by atoms with Gasteiger partial charge in [0.05, 0.1) is 15.9 Å². The van der Waals surface area contributed by atoms with Crippen LogP contribution < -0.4 is 4.72 Å². The number of benzene rings is 1. The van der Waals surface area contributed by atoms with Gasteiger partial charge < -0.3 is 4.74 Å². The summed E-state index contributed by atoms with van der Waals surface area (Å²) in [5.41, 5.74) is 0. The quantitative estimate of drug-likeness (QED) is 0.815. The Morgan fingerprint density at radius 1 is 1.10 bits per heavy atom. The molecule has 2 rings (SSSR count). The van der Waals surface area contributed by atoms with Gasteiger partial charge in [0, 0.05) is 13.2 Å². The van der Waals surface area contributed by atoms with Crippen LogP contribution in [0.2, 0.25) is 0 Å². The normalized spacial score (nSPS) is 20.3. The molecule has 0 aromatic heterocycles. The van der Waals surface area contributed by atoms with Crippen molar-refractivity contribution in [3.05, 3.63) is 24.3 Å². The SMILES string of the molecule is O=S(=O)(F)c1ccc(S(=O)(=O)NCC2CCCCO2)cc1. The van der Waals surface area contributed by atoms with Gasteiger partial charge in [-0.25, -0.2) is 13.1 Å². The first-order valence-electron chi connectivity index (χ1n) is 6.45. The van der Waals surface area contributed by atoms with Crippen molar-refractivity contribution < 1.29 is 25.5 Å². The molecular weight excluding hydrogens is 321 g/mol. The third kappa shape index (κ3) is 4.47. The van der Waals surface area contributed by atoms with E-state index in [4.69, 9.17) is 4.74 Å². The molecule has 9 heteroatoms. The van der Waals surface area contributed by atoms with Gasteiger partial charge >= 0.3 is 10.2 Å². The molecule has 0 radical (unpaired) electrons. The van der Waals surface area contributed by atoms with E-state index >= 15 is 0 Å². The van der Waals surface area contributed by atoms with Crippen LogP contribution in [0, 0.1) is 0 Å². The van der Waals surface area contributed by atoms with Gasteiger partial charge in [0.15, 0.2) is 0 Å². The number of nitrogens with one attached hydrogen (secondary N) is 1. The van der Waals surface area contributed by atoms with E-state index in [1.165, 1.54) is 0 Å². The highest BCUT2D eigenvalue weighted by Crippen LogP contribution is 2.17. The van der Waals surface area contributed by atoms with Crippen LogP contribution in [-0.4, -0.2) is 36.1 Å². The van der Waals surface area contributed by atoms with E-state index in [1.807, 2.05) is 0 Å². The van der Waals surface area contributed by atoms with Crippen LogP contribution in [0.25, 0.3) is 0 Å². The van der Waals surface area contributed by atoms with Gasteiger partial charge in [-0.15, -0.1) is 3.89 Å². The highest BCUT2D eigenvalue weighted by molar-refractivity contribution is 7.89. The highest BCUT2D eigenvalue weighted by atomic mass is 32.3. The highest BCUT2D eigenvalue weighted by Gasteiger charge is 2.20. The van der Waals surface area contributed by atoms with Crippen LogP contribution in [0.3, 0.4) is 0 Å². The van der Waals surface area contributed by atoms with Crippen molar-refractivity contribution >= 4 is 20.2 Å². The molecule has 0 bridgehead atoms. The monoisotopic (exact) mass is 337 g/mol. The van der Waals surface area contributed by atoms with Gasteiger partial charge in [0.2, 0.25) is 10.0 Å². The second-order valence-electron chi connectivity index (χ2n) is 4.75. The van der Waals surface area contributed by atoms with Crippen molar-refractivity contribution in [1.82, 2.24) is 4.72 Å². The van der Waals surface area contributed by atoms with Crippen molar-refractivity contribution in [2.45, 2.75) is 35.2 Å². The Morgan fingerprint density at radius 3 is 2.24 bits per heavy atom. The molecule has 118 valence electrons. The Labute approximate surface area is 123 Å². The molecule has 6 nitrogen and oxygen atoms in total. The first-order valence-corrected chi connectivity index (χ1v) is 9.32. The lowest BCUT2D eigenvalue weighted by Gasteiger charge is -2.22. The lowest BCUT2D eigenvalue weighted by atomic mass is 10.1. The third-order valence-electron chi connectivity index (χ3n) is 3.19. The summed E-state index contributed by atoms with van der Waals surface area (Å²) in [6.45, 7) is 0.779. The predicted octanol–water partition coefficient (Wildman–Crippen LogP) is 1.19. The molecular formula is C12H16FNO5S2. The average molecular weight is 337 g/mol. The summed E-state index contributed by atoms with van der Waals surface area (Å²) >= 11 is 0. The molecule has 1 aliphatic rings. The summed E-state index contributed by atoms with van der Waals surface area (Å²) in [5.74, 6) is 0. The van der Waals surface area contributed by atoms with Crippen LogP contribution in [0.15, 0.2) is 34.1 Å². The maximum Gasteiger partial charge on any atom is 0.332 e. The Hall–Kier alpha value is -1.03. The molecule has 0 saturated carbocycles. The molecule has 0 amide bonds. The van der Waals surface area contributed by atoms with Gasteiger partial charge in [-0.05, 0) is 43.5 Å². The van der Waals surface area contributed by atoms with E-state index in [0.29, 0.717) is 6.61 Å². The Kier molecular flexibility index (Phi) is 4.97. The molecule has 1 aromatic carbocycles. The van der Waals surface area contributed by atoms with Crippen molar-refractivity contribution in [3.63, 3.8) is 0 Å². The van der Waals surface area contributed by atoms with Gasteiger partial charge in [-0.2, -0.15) is 8.42 Å². The van der Waals surface area contributed by atoms with Gasteiger partial charge in [0.1, 0.15) is 0 Å². The summed E-state index contributed by atoms with van der Waals surface area (Å²) < 4.78 is 66.0. The number of sulfonamides is 1. The van der Waals surface area contributed by atoms with Crippen molar-refractivity contribution in [2.24, 2.45) is 0 Å². The second kappa shape index (κ2) is 6.39. The first-order chi connectivity index (χ1) is 9.79.